The molecule has 37 heavy (non-hydrogen) atoms. The molecule has 0 bridgehead atoms. The quantitative estimate of drug-likeness (QED) is 0.199. The van der Waals surface area contributed by atoms with Gasteiger partial charge in [0.15, 0.2) is 5.84 Å². The van der Waals surface area contributed by atoms with Gasteiger partial charge in [-0.05, 0) is 56.3 Å². The van der Waals surface area contributed by atoms with Crippen LogP contribution < -0.4 is 9.73 Å². The molecule has 0 unspecified atom stereocenters. The fraction of sp³-hybridized carbons (Fsp3) is 0.0909. The van der Waals surface area contributed by atoms with Crippen LogP contribution in [0.15, 0.2) is 96.3 Å². The third-order valence-corrected chi connectivity index (χ3v) is 7.02. The van der Waals surface area contributed by atoms with Crippen molar-refractivity contribution in [3.8, 4) is 0 Å². The van der Waals surface area contributed by atoms with E-state index in [1.54, 1.807) is 19.9 Å². The number of halogens is 1. The second-order valence-corrected chi connectivity index (χ2v) is 10.3. The molecule has 0 amide bonds. The van der Waals surface area contributed by atoms with Gasteiger partial charge in [0, 0.05) is 29.4 Å². The average Bonchev–Trinajstić information content (AvgIpc) is 3.19. The van der Waals surface area contributed by atoms with E-state index < -0.39 is 10.0 Å². The summed E-state index contributed by atoms with van der Waals surface area (Å²) in [5.74, 6) is 0.166. The molecular formula is C22H19ClCoN8O2S3. The molecule has 4 rings (SSSR count). The topological polar surface area (TPSA) is 136 Å². The van der Waals surface area contributed by atoms with Gasteiger partial charge in [-0.25, -0.2) is 28.1 Å². The summed E-state index contributed by atoms with van der Waals surface area (Å²) in [6.45, 7) is 3.52. The number of para-hydroxylation sites is 1. The molecule has 2 N–H and O–H groups in total. The molecule has 0 spiro atoms. The van der Waals surface area contributed by atoms with Gasteiger partial charge in [0.1, 0.15) is 0 Å². The molecule has 2 heterocycles. The Balaban J connectivity index is 0.00000186. The average molecular weight is 618 g/mol. The van der Waals surface area contributed by atoms with Crippen LogP contribution in [0.25, 0.3) is 0 Å². The molecular weight excluding hydrogens is 599 g/mol. The van der Waals surface area contributed by atoms with Gasteiger partial charge in [0.05, 0.1) is 22.0 Å². The minimum atomic E-state index is -3.85. The van der Waals surface area contributed by atoms with E-state index in [1.165, 1.54) is 35.5 Å². The number of hydrogen-bond acceptors (Lipinski definition) is 10. The molecule has 0 saturated carbocycles. The van der Waals surface area contributed by atoms with Crippen LogP contribution in [0.4, 0.5) is 17.3 Å². The van der Waals surface area contributed by atoms with Crippen molar-refractivity contribution in [1.82, 2.24) is 9.97 Å². The van der Waals surface area contributed by atoms with Crippen LogP contribution in [0.5, 0.6) is 0 Å². The molecule has 1 aliphatic heterocycles. The Labute approximate surface area is 236 Å². The molecule has 10 nitrogen and oxygen atoms in total. The molecule has 1 aliphatic rings. The standard InChI is InChI=1S/C22H20N8O2S3.ClH.Co/c1-14-12-13-24-22(25-14)28-35(31,32)18-10-8-16(9-11-18)26-29-34-21(33)19-15(2)27-30(20(19)23)17-6-4-3-5-7-17;;/h3-13,23,33H,1-2H3,(H,24,25,28);1H;/q;;+2/p-2/b21-19-,23-20?,29-26?;;. The number of amidine groups is 1. The summed E-state index contributed by atoms with van der Waals surface area (Å²) in [5, 5.41) is 18.5. The van der Waals surface area contributed by atoms with Crippen molar-refractivity contribution in [2.75, 3.05) is 9.73 Å². The van der Waals surface area contributed by atoms with E-state index in [2.05, 4.69) is 54.4 Å². The molecule has 0 radical (unpaired) electrons. The number of nitrogens with zero attached hydrogens (tertiary/aromatic N) is 6. The summed E-state index contributed by atoms with van der Waals surface area (Å²) < 4.78 is 31.9. The van der Waals surface area contributed by atoms with Gasteiger partial charge in [-0.2, -0.15) is 5.10 Å². The second kappa shape index (κ2) is 13.1. The number of aryl methyl sites for hydroxylation is 1. The van der Waals surface area contributed by atoms with Gasteiger partial charge in [-0.15, -0.1) is 13.9 Å². The number of rotatable bonds is 7. The van der Waals surface area contributed by atoms with E-state index in [0.717, 1.165) is 17.6 Å². The van der Waals surface area contributed by atoms with Crippen LogP contribution in [0.3, 0.4) is 0 Å². The molecule has 193 valence electrons. The molecule has 3 aromatic rings. The Morgan fingerprint density at radius 3 is 2.43 bits per heavy atom. The Kier molecular flexibility index (Phi) is 10.1. The Hall–Kier alpha value is -2.88. The number of hydrogen-bond donors (Lipinski definition) is 2. The van der Waals surface area contributed by atoms with Crippen LogP contribution in [0, 0.1) is 12.3 Å². The summed E-state index contributed by atoms with van der Waals surface area (Å²) in [4.78, 5) is 7.99. The zero-order valence-electron chi connectivity index (χ0n) is 19.3. The number of benzene rings is 2. The van der Waals surface area contributed by atoms with Gasteiger partial charge >= 0.3 is 25.0 Å². The summed E-state index contributed by atoms with van der Waals surface area (Å²) in [6, 6.07) is 16.9. The molecule has 0 fully saturated rings. The number of anilines is 2. The van der Waals surface area contributed by atoms with E-state index in [-0.39, 0.29) is 16.7 Å². The predicted octanol–water partition coefficient (Wildman–Crippen LogP) is 5.64. The molecule has 15 heteroatoms. The number of sulfonamides is 1. The zero-order valence-corrected chi connectivity index (χ0v) is 23.5. The molecule has 1 aromatic heterocycles. The minimum absolute atomic E-state index is 0.00156. The van der Waals surface area contributed by atoms with Gasteiger partial charge in [-0.3, -0.25) is 5.41 Å². The molecule has 0 atom stereocenters. The number of hydrazone groups is 1. The van der Waals surface area contributed by atoms with Gasteiger partial charge in [0.2, 0.25) is 5.95 Å². The van der Waals surface area contributed by atoms with Crippen molar-refractivity contribution < 1.29 is 23.3 Å². The Morgan fingerprint density at radius 1 is 1.11 bits per heavy atom. The van der Waals surface area contributed by atoms with Crippen LogP contribution in [0.1, 0.15) is 12.6 Å². The van der Waals surface area contributed by atoms with Crippen LogP contribution in [-0.2, 0) is 37.5 Å². The van der Waals surface area contributed by atoms with E-state index >= 15 is 0 Å². The third kappa shape index (κ3) is 7.34. The maximum atomic E-state index is 12.6. The summed E-state index contributed by atoms with van der Waals surface area (Å²) >= 11 is 9.43. The summed E-state index contributed by atoms with van der Waals surface area (Å²) in [7, 11) is 0.476. The predicted molar refractivity (Wildman–Crippen MR) is 146 cm³/mol. The van der Waals surface area contributed by atoms with Crippen molar-refractivity contribution in [2.45, 2.75) is 18.7 Å². The first-order chi connectivity index (χ1) is 17.7. The van der Waals surface area contributed by atoms with E-state index in [9.17, 15) is 8.42 Å². The third-order valence-electron chi connectivity index (χ3n) is 4.71. The maximum absolute atomic E-state index is 12.6. The van der Waals surface area contributed by atoms with Crippen molar-refractivity contribution in [1.29, 1.82) is 5.41 Å². The monoisotopic (exact) mass is 617 g/mol. The summed E-state index contributed by atoms with van der Waals surface area (Å²) in [5.41, 5.74) is 2.97. The van der Waals surface area contributed by atoms with Gasteiger partial charge < -0.3 is 12.6 Å². The second-order valence-electron chi connectivity index (χ2n) is 7.24. The van der Waals surface area contributed by atoms with Crippen molar-refractivity contribution in [2.24, 2.45) is 14.7 Å². The van der Waals surface area contributed by atoms with E-state index in [1.807, 2.05) is 30.3 Å². The normalized spacial score (nSPS) is 14.8. The molecule has 0 saturated heterocycles. The number of aromatic nitrogens is 2. The first-order valence-corrected chi connectivity index (χ1v) is 14.4. The Morgan fingerprint density at radius 2 is 1.78 bits per heavy atom. The molecule has 2 aromatic carbocycles. The zero-order chi connectivity index (χ0) is 27.0. The first-order valence-electron chi connectivity index (χ1n) is 10.3. The Bertz CT molecular complexity index is 1470. The fourth-order valence-electron chi connectivity index (χ4n) is 3.05. The van der Waals surface area contributed by atoms with Gasteiger partial charge in [0.25, 0.3) is 10.0 Å². The number of nitrogens with one attached hydrogen (secondary N) is 2. The fourth-order valence-corrected chi connectivity index (χ4v) is 4.89. The summed E-state index contributed by atoms with van der Waals surface area (Å²) in [6.07, 6.45) is 1.48. The molecule has 0 aliphatic carbocycles. The SMILES string of the molecule is CC1=NN(c2ccccc2)C(=N)/C1=C(/[S-])SN=Nc1ccc(S(=O)(=O)Nc2nccc(C)n2)cc1.[Cl][Co+]. The first kappa shape index (κ1) is 28.7. The van der Waals surface area contributed by atoms with Crippen LogP contribution in [-0.4, -0.2) is 29.9 Å². The van der Waals surface area contributed by atoms with Crippen LogP contribution in [0.2, 0.25) is 0 Å². The van der Waals surface area contributed by atoms with Crippen molar-refractivity contribution in [3.63, 3.8) is 0 Å². The van der Waals surface area contributed by atoms with Crippen LogP contribution >= 0.6 is 22.1 Å². The van der Waals surface area contributed by atoms with Gasteiger partial charge in [-0.1, -0.05) is 18.2 Å². The van der Waals surface area contributed by atoms with Crippen molar-refractivity contribution >= 4 is 73.6 Å². The van der Waals surface area contributed by atoms with E-state index in [0.29, 0.717) is 26.9 Å². The van der Waals surface area contributed by atoms with Crippen molar-refractivity contribution in [3.05, 3.63) is 82.4 Å². The van der Waals surface area contributed by atoms with E-state index in [4.69, 9.17) is 18.0 Å².